The molecule has 0 aliphatic carbocycles. The van der Waals surface area contributed by atoms with Crippen molar-refractivity contribution in [3.8, 4) is 0 Å². The van der Waals surface area contributed by atoms with Crippen LogP contribution in [0.3, 0.4) is 0 Å². The largest absolute Gasteiger partial charge is 0.352 e. The molecule has 118 valence electrons. The lowest BCUT2D eigenvalue weighted by molar-refractivity contribution is 0.0942. The van der Waals surface area contributed by atoms with Gasteiger partial charge in [-0.05, 0) is 44.0 Å². The van der Waals surface area contributed by atoms with Crippen LogP contribution >= 0.6 is 11.6 Å². The molecule has 0 spiro atoms. The predicted octanol–water partition coefficient (Wildman–Crippen LogP) is 3.36. The molecule has 0 bridgehead atoms. The molecule has 6 heteroatoms. The van der Waals surface area contributed by atoms with Crippen LogP contribution in [0.25, 0.3) is 0 Å². The van der Waals surface area contributed by atoms with Gasteiger partial charge in [0.15, 0.2) is 0 Å². The summed E-state index contributed by atoms with van der Waals surface area (Å²) in [6.07, 6.45) is 0. The first-order valence-corrected chi connectivity index (χ1v) is 7.49. The molecule has 1 aromatic carbocycles. The molecule has 0 saturated heterocycles. The van der Waals surface area contributed by atoms with Crippen molar-refractivity contribution >= 4 is 17.5 Å². The van der Waals surface area contributed by atoms with Gasteiger partial charge in [-0.3, -0.25) is 9.48 Å². The standard InChI is InChI=1S/C16H19ClFN3O/c1-10(9-21-12(3)6-11(2)20-21)8-19-16(22)14-5-4-13(17)7-15(14)18/h4-7,10H,8-9H2,1-3H3,(H,19,22)/t10-/m1/s1. The average molecular weight is 324 g/mol. The second-order valence-electron chi connectivity index (χ2n) is 5.55. The SMILES string of the molecule is Cc1cc(C)n(C[C@H](C)CNC(=O)c2ccc(Cl)cc2F)n1. The van der Waals surface area contributed by atoms with Crippen LogP contribution in [0.15, 0.2) is 24.3 Å². The zero-order valence-corrected chi connectivity index (χ0v) is 13.6. The zero-order valence-electron chi connectivity index (χ0n) is 12.9. The fraction of sp³-hybridized carbons (Fsp3) is 0.375. The van der Waals surface area contributed by atoms with Gasteiger partial charge in [0, 0.05) is 23.8 Å². The van der Waals surface area contributed by atoms with Gasteiger partial charge >= 0.3 is 0 Å². The number of amides is 1. The summed E-state index contributed by atoms with van der Waals surface area (Å²) in [4.78, 5) is 12.0. The highest BCUT2D eigenvalue weighted by molar-refractivity contribution is 6.30. The van der Waals surface area contributed by atoms with Crippen molar-refractivity contribution in [2.45, 2.75) is 27.3 Å². The molecule has 0 unspecified atom stereocenters. The van der Waals surface area contributed by atoms with Crippen LogP contribution in [0.5, 0.6) is 0 Å². The number of hydrogen-bond donors (Lipinski definition) is 1. The number of carbonyl (C=O) groups excluding carboxylic acids is 1. The number of aromatic nitrogens is 2. The Labute approximate surface area is 134 Å². The minimum Gasteiger partial charge on any atom is -0.352 e. The molecular weight excluding hydrogens is 305 g/mol. The molecule has 2 aromatic rings. The van der Waals surface area contributed by atoms with Crippen molar-refractivity contribution in [2.24, 2.45) is 5.92 Å². The second kappa shape index (κ2) is 6.92. The van der Waals surface area contributed by atoms with Crippen LogP contribution < -0.4 is 5.32 Å². The van der Waals surface area contributed by atoms with E-state index in [4.69, 9.17) is 11.6 Å². The normalized spacial score (nSPS) is 12.2. The van der Waals surface area contributed by atoms with E-state index in [1.54, 1.807) is 0 Å². The maximum Gasteiger partial charge on any atom is 0.254 e. The van der Waals surface area contributed by atoms with E-state index in [9.17, 15) is 9.18 Å². The first-order valence-electron chi connectivity index (χ1n) is 7.11. The van der Waals surface area contributed by atoms with Gasteiger partial charge in [0.1, 0.15) is 5.82 Å². The highest BCUT2D eigenvalue weighted by Gasteiger charge is 2.13. The molecule has 0 fully saturated rings. The Kier molecular flexibility index (Phi) is 5.19. The fourth-order valence-corrected chi connectivity index (χ4v) is 2.41. The predicted molar refractivity (Wildman–Crippen MR) is 84.6 cm³/mol. The highest BCUT2D eigenvalue weighted by atomic mass is 35.5. The summed E-state index contributed by atoms with van der Waals surface area (Å²) in [5.74, 6) is -0.872. The third-order valence-electron chi connectivity index (χ3n) is 3.37. The number of aryl methyl sites for hydroxylation is 2. The number of halogens is 2. The van der Waals surface area contributed by atoms with Crippen molar-refractivity contribution in [2.75, 3.05) is 6.54 Å². The van der Waals surface area contributed by atoms with E-state index in [-0.39, 0.29) is 16.5 Å². The highest BCUT2D eigenvalue weighted by Crippen LogP contribution is 2.14. The van der Waals surface area contributed by atoms with E-state index in [0.717, 1.165) is 17.5 Å². The molecule has 1 N–H and O–H groups in total. The van der Waals surface area contributed by atoms with Crippen LogP contribution in [-0.2, 0) is 6.54 Å². The third kappa shape index (κ3) is 4.07. The fourth-order valence-electron chi connectivity index (χ4n) is 2.26. The summed E-state index contributed by atoms with van der Waals surface area (Å²) in [7, 11) is 0. The molecule has 0 saturated carbocycles. The van der Waals surface area contributed by atoms with E-state index >= 15 is 0 Å². The lowest BCUT2D eigenvalue weighted by Crippen LogP contribution is -2.30. The van der Waals surface area contributed by atoms with Crippen LogP contribution in [0.2, 0.25) is 5.02 Å². The Morgan fingerprint density at radius 1 is 1.41 bits per heavy atom. The molecule has 2 rings (SSSR count). The van der Waals surface area contributed by atoms with E-state index in [1.165, 1.54) is 12.1 Å². The van der Waals surface area contributed by atoms with Gasteiger partial charge < -0.3 is 5.32 Å². The van der Waals surface area contributed by atoms with Gasteiger partial charge in [-0.1, -0.05) is 18.5 Å². The second-order valence-corrected chi connectivity index (χ2v) is 5.99. The van der Waals surface area contributed by atoms with E-state index in [2.05, 4.69) is 10.4 Å². The summed E-state index contributed by atoms with van der Waals surface area (Å²) in [5.41, 5.74) is 2.05. The maximum atomic E-state index is 13.7. The molecule has 1 aromatic heterocycles. The summed E-state index contributed by atoms with van der Waals surface area (Å²) in [5, 5.41) is 7.40. The Bertz CT molecular complexity index is 684. The van der Waals surface area contributed by atoms with Gasteiger partial charge in [-0.25, -0.2) is 4.39 Å². The third-order valence-corrected chi connectivity index (χ3v) is 3.61. The monoisotopic (exact) mass is 323 g/mol. The van der Waals surface area contributed by atoms with Crippen molar-refractivity contribution < 1.29 is 9.18 Å². The first-order chi connectivity index (χ1) is 10.4. The van der Waals surface area contributed by atoms with Gasteiger partial charge in [0.25, 0.3) is 5.91 Å². The quantitative estimate of drug-likeness (QED) is 0.917. The topological polar surface area (TPSA) is 46.9 Å². The number of nitrogens with one attached hydrogen (secondary N) is 1. The summed E-state index contributed by atoms with van der Waals surface area (Å²) in [6.45, 7) is 7.09. The van der Waals surface area contributed by atoms with E-state index in [1.807, 2.05) is 31.5 Å². The smallest absolute Gasteiger partial charge is 0.254 e. The molecule has 1 heterocycles. The van der Waals surface area contributed by atoms with Crippen molar-refractivity contribution in [3.05, 3.63) is 52.1 Å². The number of carbonyl (C=O) groups is 1. The number of hydrogen-bond acceptors (Lipinski definition) is 2. The van der Waals surface area contributed by atoms with E-state index < -0.39 is 11.7 Å². The Morgan fingerprint density at radius 3 is 2.73 bits per heavy atom. The lowest BCUT2D eigenvalue weighted by atomic mass is 10.1. The van der Waals surface area contributed by atoms with Crippen molar-refractivity contribution in [1.82, 2.24) is 15.1 Å². The minimum atomic E-state index is -0.615. The molecular formula is C16H19ClFN3O. The number of benzene rings is 1. The molecule has 4 nitrogen and oxygen atoms in total. The summed E-state index contributed by atoms with van der Waals surface area (Å²) >= 11 is 5.67. The average Bonchev–Trinajstić information content (AvgIpc) is 2.74. The maximum absolute atomic E-state index is 13.7. The molecule has 0 radical (unpaired) electrons. The molecule has 0 aliphatic rings. The van der Waals surface area contributed by atoms with Gasteiger partial charge in [-0.15, -0.1) is 0 Å². The summed E-state index contributed by atoms with van der Waals surface area (Å²) in [6, 6.07) is 6.03. The number of rotatable bonds is 5. The van der Waals surface area contributed by atoms with Crippen LogP contribution in [0.1, 0.15) is 28.7 Å². The Balaban J connectivity index is 1.91. The number of nitrogens with zero attached hydrogens (tertiary/aromatic N) is 2. The molecule has 0 aliphatic heterocycles. The van der Waals surface area contributed by atoms with Gasteiger partial charge in [-0.2, -0.15) is 5.10 Å². The first kappa shape index (κ1) is 16.5. The zero-order chi connectivity index (χ0) is 16.3. The van der Waals surface area contributed by atoms with Crippen LogP contribution in [0, 0.1) is 25.6 Å². The summed E-state index contributed by atoms with van der Waals surface area (Å²) < 4.78 is 15.6. The minimum absolute atomic E-state index is 0.00251. The molecule has 22 heavy (non-hydrogen) atoms. The Hall–Kier alpha value is -1.88. The lowest BCUT2D eigenvalue weighted by Gasteiger charge is -2.14. The van der Waals surface area contributed by atoms with Crippen molar-refractivity contribution in [1.29, 1.82) is 0 Å². The van der Waals surface area contributed by atoms with Crippen LogP contribution in [-0.4, -0.2) is 22.2 Å². The van der Waals surface area contributed by atoms with Crippen LogP contribution in [0.4, 0.5) is 4.39 Å². The molecule has 1 atom stereocenters. The Morgan fingerprint density at radius 2 is 2.14 bits per heavy atom. The van der Waals surface area contributed by atoms with Crippen molar-refractivity contribution in [3.63, 3.8) is 0 Å². The van der Waals surface area contributed by atoms with Gasteiger partial charge in [0.05, 0.1) is 11.3 Å². The van der Waals surface area contributed by atoms with Gasteiger partial charge in [0.2, 0.25) is 0 Å². The molecule has 1 amide bonds. The van der Waals surface area contributed by atoms with E-state index in [0.29, 0.717) is 13.1 Å².